The molecule has 4 N–H and O–H groups in total. The fourth-order valence-electron chi connectivity index (χ4n) is 7.26. The van der Waals surface area contributed by atoms with E-state index in [0.717, 1.165) is 20.9 Å². The number of aryl methyl sites for hydroxylation is 2. The minimum absolute atomic E-state index is 0.00420. The molecule has 2 saturated heterocycles. The summed E-state index contributed by atoms with van der Waals surface area (Å²) in [6.45, 7) is 3.91. The molecule has 2 fully saturated rings. The predicted molar refractivity (Wildman–Crippen MR) is 252 cm³/mol. The number of carboxylic acid groups (broad SMARTS) is 2. The van der Waals surface area contributed by atoms with Crippen molar-refractivity contribution in [1.82, 2.24) is 20.4 Å². The zero-order valence-electron chi connectivity index (χ0n) is 35.9. The van der Waals surface area contributed by atoms with E-state index in [-0.39, 0.29) is 48.6 Å². The van der Waals surface area contributed by atoms with Crippen molar-refractivity contribution in [3.05, 3.63) is 117 Å². The van der Waals surface area contributed by atoms with E-state index in [1.54, 1.807) is 60.0 Å². The Bertz CT molecular complexity index is 1930. The van der Waals surface area contributed by atoms with Gasteiger partial charge in [0.2, 0.25) is 11.8 Å². The molecular formula is C46H56N4O10S4. The van der Waals surface area contributed by atoms with Crippen molar-refractivity contribution in [3.63, 3.8) is 0 Å². The number of carbonyl (C=O) groups excluding carboxylic acids is 4. The van der Waals surface area contributed by atoms with Gasteiger partial charge in [-0.25, -0.2) is 0 Å². The van der Waals surface area contributed by atoms with Crippen LogP contribution in [-0.4, -0.2) is 131 Å². The lowest BCUT2D eigenvalue weighted by atomic mass is 10.0. The van der Waals surface area contributed by atoms with Crippen LogP contribution in [-0.2, 0) is 51.1 Å². The number of ether oxygens (including phenoxy) is 2. The first-order chi connectivity index (χ1) is 30.9. The SMILES string of the molecule is CCOC(=O)[C@H](CCc1ccccc1)N[C@H]1CS[C@H](c2cccs2)CN(CC(=O)O)C1=O.CCOC(=O)[C@H](CCc1ccccc1)N[C@H]1CS[C@H](c2cccs2)CN(CC(=O)O)C1=O. The molecule has 4 aromatic rings. The van der Waals surface area contributed by atoms with Gasteiger partial charge in [-0.1, -0.05) is 72.8 Å². The number of nitrogens with one attached hydrogen (secondary N) is 2. The standard InChI is InChI=1S/2C23H28N2O5S2/c2*1-2-30-23(29)17(11-10-16-7-4-3-5-8-16)24-18-15-32-20(19-9-6-12-31-19)13-25(22(18)28)14-21(26)27/h2*3-9,12,17-18,20,24H,2,10-11,13-15H2,1H3,(H,26,27)/t2*17-,18-,20-/m00/s1. The summed E-state index contributed by atoms with van der Waals surface area (Å²) < 4.78 is 10.5. The van der Waals surface area contributed by atoms with E-state index in [2.05, 4.69) is 10.6 Å². The molecule has 0 bridgehead atoms. The van der Waals surface area contributed by atoms with E-state index in [1.807, 2.05) is 95.7 Å². The van der Waals surface area contributed by atoms with E-state index in [9.17, 15) is 39.0 Å². The molecule has 0 aliphatic carbocycles. The number of rotatable bonds is 20. The van der Waals surface area contributed by atoms with Crippen molar-refractivity contribution in [2.75, 3.05) is 50.9 Å². The molecule has 2 aliphatic rings. The number of hydrogen-bond donors (Lipinski definition) is 4. The van der Waals surface area contributed by atoms with Crippen molar-refractivity contribution in [1.29, 1.82) is 0 Å². The summed E-state index contributed by atoms with van der Waals surface area (Å²) in [5.74, 6) is -2.62. The number of hydrogen-bond acceptors (Lipinski definition) is 14. The number of thiophene rings is 2. The molecule has 6 atom stereocenters. The molecule has 14 nitrogen and oxygen atoms in total. The molecule has 2 aromatic carbocycles. The second-order valence-corrected chi connectivity index (χ2v) is 19.4. The first-order valence-electron chi connectivity index (χ1n) is 21.2. The van der Waals surface area contributed by atoms with E-state index in [4.69, 9.17) is 9.47 Å². The number of benzene rings is 2. The summed E-state index contributed by atoms with van der Waals surface area (Å²) in [5, 5.41) is 29.0. The molecule has 0 spiro atoms. The highest BCUT2D eigenvalue weighted by molar-refractivity contribution is 8.00. The number of esters is 2. The van der Waals surface area contributed by atoms with Crippen LogP contribution in [0.3, 0.4) is 0 Å². The Morgan fingerprint density at radius 3 is 1.34 bits per heavy atom. The van der Waals surface area contributed by atoms with E-state index >= 15 is 0 Å². The van der Waals surface area contributed by atoms with Crippen molar-refractivity contribution < 1.29 is 48.5 Å². The lowest BCUT2D eigenvalue weighted by molar-refractivity contribution is -0.148. The third-order valence-corrected chi connectivity index (χ3v) is 15.3. The van der Waals surface area contributed by atoms with Gasteiger partial charge >= 0.3 is 23.9 Å². The second-order valence-electron chi connectivity index (χ2n) is 15.0. The molecule has 6 rings (SSSR count). The first-order valence-corrected chi connectivity index (χ1v) is 25.1. The number of thioether (sulfide) groups is 2. The van der Waals surface area contributed by atoms with Crippen molar-refractivity contribution >= 4 is 81.9 Å². The van der Waals surface area contributed by atoms with Gasteiger partial charge in [-0.15, -0.1) is 46.2 Å². The lowest BCUT2D eigenvalue weighted by Crippen LogP contribution is -2.53. The average Bonchev–Trinajstić information content (AvgIpc) is 3.99. The Labute approximate surface area is 390 Å². The molecule has 4 heterocycles. The third-order valence-electron chi connectivity index (χ3n) is 10.4. The summed E-state index contributed by atoms with van der Waals surface area (Å²) in [4.78, 5) is 79.5. The van der Waals surface area contributed by atoms with Crippen molar-refractivity contribution in [3.8, 4) is 0 Å². The van der Waals surface area contributed by atoms with Crippen LogP contribution in [0.4, 0.5) is 0 Å². The average molecular weight is 953 g/mol. The van der Waals surface area contributed by atoms with Crippen LogP contribution in [0, 0.1) is 0 Å². The smallest absolute Gasteiger partial charge is 0.323 e. The zero-order valence-corrected chi connectivity index (χ0v) is 39.1. The fraction of sp³-hybridized carbons (Fsp3) is 0.435. The molecule has 2 amide bonds. The number of aliphatic carboxylic acids is 2. The van der Waals surface area contributed by atoms with Gasteiger partial charge in [-0.05, 0) is 73.6 Å². The van der Waals surface area contributed by atoms with Crippen LogP contribution in [0.1, 0.15) is 58.1 Å². The minimum atomic E-state index is -1.06. The Hall–Kier alpha value is -4.72. The Kier molecular flexibility index (Phi) is 20.7. The molecule has 64 heavy (non-hydrogen) atoms. The van der Waals surface area contributed by atoms with Gasteiger partial charge in [-0.2, -0.15) is 0 Å². The van der Waals surface area contributed by atoms with Gasteiger partial charge in [-0.3, -0.25) is 39.4 Å². The van der Waals surface area contributed by atoms with Gasteiger partial charge in [0.05, 0.1) is 35.8 Å². The number of carboxylic acids is 2. The molecule has 0 unspecified atom stereocenters. The second kappa shape index (κ2) is 26.3. The molecule has 18 heteroatoms. The molecule has 2 aliphatic heterocycles. The van der Waals surface area contributed by atoms with Crippen molar-refractivity contribution in [2.45, 2.75) is 74.2 Å². The molecular weight excluding hydrogens is 897 g/mol. The van der Waals surface area contributed by atoms with Gasteiger partial charge in [0.25, 0.3) is 0 Å². The van der Waals surface area contributed by atoms with Crippen LogP contribution in [0.25, 0.3) is 0 Å². The van der Waals surface area contributed by atoms with Gasteiger partial charge < -0.3 is 29.5 Å². The van der Waals surface area contributed by atoms with Gasteiger partial charge in [0.1, 0.15) is 25.2 Å². The van der Waals surface area contributed by atoms with E-state index in [1.165, 1.54) is 9.80 Å². The summed E-state index contributed by atoms with van der Waals surface area (Å²) >= 11 is 6.40. The quantitative estimate of drug-likeness (QED) is 0.0761. The maximum absolute atomic E-state index is 13.2. The lowest BCUT2D eigenvalue weighted by Gasteiger charge is -2.26. The van der Waals surface area contributed by atoms with E-state index in [0.29, 0.717) is 50.3 Å². The van der Waals surface area contributed by atoms with Gasteiger partial charge in [0.15, 0.2) is 0 Å². The third kappa shape index (κ3) is 15.8. The Balaban J connectivity index is 0.000000241. The highest BCUT2D eigenvalue weighted by atomic mass is 32.2. The molecule has 0 radical (unpaired) electrons. The maximum atomic E-state index is 13.2. The maximum Gasteiger partial charge on any atom is 0.323 e. The fourth-order valence-corrected chi connectivity index (χ4v) is 11.8. The summed E-state index contributed by atoms with van der Waals surface area (Å²) in [6, 6.07) is 24.9. The number of nitrogens with zero attached hydrogens (tertiary/aromatic N) is 2. The summed E-state index contributed by atoms with van der Waals surface area (Å²) in [5.41, 5.74) is 2.19. The number of carbonyl (C=O) groups is 6. The zero-order chi connectivity index (χ0) is 45.8. The molecule has 344 valence electrons. The van der Waals surface area contributed by atoms with Crippen LogP contribution >= 0.6 is 46.2 Å². The normalized spacial score (nSPS) is 19.9. The summed E-state index contributed by atoms with van der Waals surface area (Å²) in [6.07, 6.45) is 2.26. The molecule has 0 saturated carbocycles. The topological polar surface area (TPSA) is 192 Å². The van der Waals surface area contributed by atoms with Crippen LogP contribution in [0.5, 0.6) is 0 Å². The van der Waals surface area contributed by atoms with Crippen LogP contribution in [0.15, 0.2) is 95.7 Å². The number of amides is 2. The Morgan fingerprint density at radius 1 is 0.625 bits per heavy atom. The van der Waals surface area contributed by atoms with Crippen LogP contribution < -0.4 is 10.6 Å². The van der Waals surface area contributed by atoms with Crippen molar-refractivity contribution in [2.24, 2.45) is 0 Å². The monoisotopic (exact) mass is 952 g/mol. The predicted octanol–water partition coefficient (Wildman–Crippen LogP) is 5.94. The highest BCUT2D eigenvalue weighted by Crippen LogP contribution is 2.37. The molecule has 2 aromatic heterocycles. The minimum Gasteiger partial charge on any atom is -0.480 e. The first kappa shape index (κ1) is 50.3. The highest BCUT2D eigenvalue weighted by Gasteiger charge is 2.37. The summed E-state index contributed by atoms with van der Waals surface area (Å²) in [7, 11) is 0. The van der Waals surface area contributed by atoms with E-state index < -0.39 is 48.0 Å². The largest absolute Gasteiger partial charge is 0.480 e. The Morgan fingerprint density at radius 2 is 1.02 bits per heavy atom. The van der Waals surface area contributed by atoms with Crippen LogP contribution in [0.2, 0.25) is 0 Å². The van der Waals surface area contributed by atoms with Gasteiger partial charge in [0, 0.05) is 34.3 Å².